The standard InChI is InChI=1S/C13H28N2/c1-13(2,3)9-12(10-14)15(4)11-7-5-6-8-11/h11-12H,5-10,14H2,1-4H3. The van der Waals surface area contributed by atoms with Gasteiger partial charge >= 0.3 is 0 Å². The summed E-state index contributed by atoms with van der Waals surface area (Å²) >= 11 is 0. The summed E-state index contributed by atoms with van der Waals surface area (Å²) in [6, 6.07) is 1.36. The Morgan fingerprint density at radius 3 is 2.20 bits per heavy atom. The smallest absolute Gasteiger partial charge is 0.0223 e. The van der Waals surface area contributed by atoms with Gasteiger partial charge in [-0.15, -0.1) is 0 Å². The van der Waals surface area contributed by atoms with Crippen molar-refractivity contribution in [2.24, 2.45) is 11.1 Å². The summed E-state index contributed by atoms with van der Waals surface area (Å²) < 4.78 is 0. The Hall–Kier alpha value is -0.0800. The quantitative estimate of drug-likeness (QED) is 0.776. The molecule has 15 heavy (non-hydrogen) atoms. The van der Waals surface area contributed by atoms with Crippen LogP contribution < -0.4 is 5.73 Å². The molecule has 0 spiro atoms. The van der Waals surface area contributed by atoms with Crippen LogP contribution in [0.15, 0.2) is 0 Å². The highest BCUT2D eigenvalue weighted by Gasteiger charge is 2.27. The van der Waals surface area contributed by atoms with E-state index in [9.17, 15) is 0 Å². The average Bonchev–Trinajstić information content (AvgIpc) is 2.64. The minimum absolute atomic E-state index is 0.386. The molecule has 1 aliphatic carbocycles. The van der Waals surface area contributed by atoms with Gasteiger partial charge < -0.3 is 5.73 Å². The lowest BCUT2D eigenvalue weighted by molar-refractivity contribution is 0.137. The lowest BCUT2D eigenvalue weighted by Crippen LogP contribution is -2.45. The van der Waals surface area contributed by atoms with Gasteiger partial charge in [0.15, 0.2) is 0 Å². The van der Waals surface area contributed by atoms with Gasteiger partial charge in [-0.1, -0.05) is 33.6 Å². The molecule has 0 aromatic carbocycles. The zero-order valence-electron chi connectivity index (χ0n) is 10.9. The first-order chi connectivity index (χ1) is 6.94. The second-order valence-electron chi connectivity index (χ2n) is 6.26. The zero-order chi connectivity index (χ0) is 11.5. The van der Waals surface area contributed by atoms with Crippen molar-refractivity contribution in [1.82, 2.24) is 4.90 Å². The molecule has 0 aromatic rings. The summed E-state index contributed by atoms with van der Waals surface area (Å²) in [5, 5.41) is 0. The van der Waals surface area contributed by atoms with E-state index in [4.69, 9.17) is 5.73 Å². The number of rotatable bonds is 4. The van der Waals surface area contributed by atoms with Gasteiger partial charge in [0.1, 0.15) is 0 Å². The van der Waals surface area contributed by atoms with Gasteiger partial charge in [-0.05, 0) is 31.7 Å². The maximum atomic E-state index is 5.91. The fourth-order valence-electron chi connectivity index (χ4n) is 2.71. The van der Waals surface area contributed by atoms with E-state index in [1.165, 1.54) is 32.1 Å². The molecular formula is C13H28N2. The van der Waals surface area contributed by atoms with Crippen LogP contribution in [0.3, 0.4) is 0 Å². The summed E-state index contributed by atoms with van der Waals surface area (Å²) in [6.45, 7) is 7.71. The van der Waals surface area contributed by atoms with E-state index in [0.29, 0.717) is 11.5 Å². The molecule has 2 heteroatoms. The molecule has 2 N–H and O–H groups in total. The van der Waals surface area contributed by atoms with E-state index in [0.717, 1.165) is 12.6 Å². The predicted octanol–water partition coefficient (Wildman–Crippen LogP) is 2.62. The number of hydrogen-bond acceptors (Lipinski definition) is 2. The first-order valence-electron chi connectivity index (χ1n) is 6.36. The van der Waals surface area contributed by atoms with E-state index >= 15 is 0 Å². The molecule has 0 heterocycles. The second-order valence-corrected chi connectivity index (χ2v) is 6.26. The summed E-state index contributed by atoms with van der Waals surface area (Å²) in [7, 11) is 2.26. The summed E-state index contributed by atoms with van der Waals surface area (Å²) in [6.07, 6.45) is 6.76. The number of nitrogens with two attached hydrogens (primary N) is 1. The van der Waals surface area contributed by atoms with Crippen molar-refractivity contribution in [3.05, 3.63) is 0 Å². The lowest BCUT2D eigenvalue weighted by Gasteiger charge is -2.36. The molecule has 90 valence electrons. The first-order valence-corrected chi connectivity index (χ1v) is 6.36. The minimum atomic E-state index is 0.386. The number of likely N-dealkylation sites (N-methyl/N-ethyl adjacent to an activating group) is 1. The normalized spacial score (nSPS) is 21.2. The molecule has 0 aliphatic heterocycles. The molecule has 1 unspecified atom stereocenters. The Kier molecular flexibility index (Phi) is 4.60. The van der Waals surface area contributed by atoms with Gasteiger partial charge in [-0.3, -0.25) is 4.90 Å². The Morgan fingerprint density at radius 2 is 1.80 bits per heavy atom. The molecular weight excluding hydrogens is 184 g/mol. The van der Waals surface area contributed by atoms with Crippen LogP contribution in [-0.4, -0.2) is 30.6 Å². The van der Waals surface area contributed by atoms with Crippen molar-refractivity contribution in [3.8, 4) is 0 Å². The molecule has 0 amide bonds. The van der Waals surface area contributed by atoms with Crippen LogP contribution in [0.2, 0.25) is 0 Å². The van der Waals surface area contributed by atoms with E-state index < -0.39 is 0 Å². The van der Waals surface area contributed by atoms with Crippen molar-refractivity contribution in [2.75, 3.05) is 13.6 Å². The van der Waals surface area contributed by atoms with Crippen LogP contribution in [0.25, 0.3) is 0 Å². The molecule has 1 fully saturated rings. The van der Waals surface area contributed by atoms with Gasteiger partial charge in [0.2, 0.25) is 0 Å². The second kappa shape index (κ2) is 5.31. The highest BCUT2D eigenvalue weighted by Crippen LogP contribution is 2.28. The van der Waals surface area contributed by atoms with Crippen LogP contribution in [0.4, 0.5) is 0 Å². The fraction of sp³-hybridized carbons (Fsp3) is 1.00. The van der Waals surface area contributed by atoms with Gasteiger partial charge in [0.05, 0.1) is 0 Å². The molecule has 1 atom stereocenters. The average molecular weight is 212 g/mol. The van der Waals surface area contributed by atoms with Crippen LogP contribution >= 0.6 is 0 Å². The Bertz CT molecular complexity index is 177. The van der Waals surface area contributed by atoms with Crippen molar-refractivity contribution in [2.45, 2.75) is 65.0 Å². The highest BCUT2D eigenvalue weighted by molar-refractivity contribution is 4.83. The van der Waals surface area contributed by atoms with Crippen LogP contribution in [0.1, 0.15) is 52.9 Å². The fourth-order valence-corrected chi connectivity index (χ4v) is 2.71. The summed E-state index contributed by atoms with van der Waals surface area (Å²) in [5.41, 5.74) is 6.29. The van der Waals surface area contributed by atoms with E-state index in [2.05, 4.69) is 32.7 Å². The van der Waals surface area contributed by atoms with E-state index in [1.54, 1.807) is 0 Å². The molecule has 1 aliphatic rings. The molecule has 0 radical (unpaired) electrons. The topological polar surface area (TPSA) is 29.3 Å². The van der Waals surface area contributed by atoms with Crippen molar-refractivity contribution < 1.29 is 0 Å². The third-order valence-electron chi connectivity index (χ3n) is 3.60. The monoisotopic (exact) mass is 212 g/mol. The predicted molar refractivity (Wildman–Crippen MR) is 66.9 cm³/mol. The third-order valence-corrected chi connectivity index (χ3v) is 3.60. The number of nitrogens with zero attached hydrogens (tertiary/aromatic N) is 1. The highest BCUT2D eigenvalue weighted by atomic mass is 15.2. The van der Waals surface area contributed by atoms with Gasteiger partial charge in [-0.2, -0.15) is 0 Å². The summed E-state index contributed by atoms with van der Waals surface area (Å²) in [4.78, 5) is 2.54. The van der Waals surface area contributed by atoms with Gasteiger partial charge in [0.25, 0.3) is 0 Å². The van der Waals surface area contributed by atoms with Crippen molar-refractivity contribution >= 4 is 0 Å². The molecule has 0 saturated heterocycles. The van der Waals surface area contributed by atoms with Crippen LogP contribution in [0, 0.1) is 5.41 Å². The van der Waals surface area contributed by atoms with Crippen molar-refractivity contribution in [1.29, 1.82) is 0 Å². The largest absolute Gasteiger partial charge is 0.329 e. The Balaban J connectivity index is 2.49. The van der Waals surface area contributed by atoms with E-state index in [1.807, 2.05) is 0 Å². The third kappa shape index (κ3) is 4.12. The Labute approximate surface area is 95.2 Å². The Morgan fingerprint density at radius 1 is 1.27 bits per heavy atom. The molecule has 2 nitrogen and oxygen atoms in total. The zero-order valence-corrected chi connectivity index (χ0v) is 10.9. The SMILES string of the molecule is CN(C1CCCC1)C(CN)CC(C)(C)C. The van der Waals surface area contributed by atoms with Crippen molar-refractivity contribution in [3.63, 3.8) is 0 Å². The maximum absolute atomic E-state index is 5.91. The molecule has 0 bridgehead atoms. The van der Waals surface area contributed by atoms with Crippen LogP contribution in [0.5, 0.6) is 0 Å². The number of hydrogen-bond donors (Lipinski definition) is 1. The van der Waals surface area contributed by atoms with Crippen LogP contribution in [-0.2, 0) is 0 Å². The molecule has 0 aromatic heterocycles. The first kappa shape index (κ1) is 13.0. The van der Waals surface area contributed by atoms with Gasteiger partial charge in [0, 0.05) is 18.6 Å². The summed E-state index contributed by atoms with van der Waals surface area (Å²) in [5.74, 6) is 0. The maximum Gasteiger partial charge on any atom is 0.0223 e. The lowest BCUT2D eigenvalue weighted by atomic mass is 9.87. The van der Waals surface area contributed by atoms with E-state index in [-0.39, 0.29) is 0 Å². The molecule has 1 rings (SSSR count). The minimum Gasteiger partial charge on any atom is -0.329 e. The van der Waals surface area contributed by atoms with Gasteiger partial charge in [-0.25, -0.2) is 0 Å². The molecule has 1 saturated carbocycles.